The Hall–Kier alpha value is -0.210. The van der Waals surface area contributed by atoms with Crippen LogP contribution in [0, 0.1) is 0 Å². The summed E-state index contributed by atoms with van der Waals surface area (Å²) in [6.45, 7) is 4.68. The number of hydrogen-bond donors (Lipinski definition) is 2. The van der Waals surface area contributed by atoms with Crippen molar-refractivity contribution in [2.45, 2.75) is 51.1 Å². The van der Waals surface area contributed by atoms with Gasteiger partial charge in [0.1, 0.15) is 0 Å². The van der Waals surface area contributed by atoms with Gasteiger partial charge in [0, 0.05) is 38.3 Å². The van der Waals surface area contributed by atoms with Crippen LogP contribution in [0.4, 0.5) is 0 Å². The molecule has 0 aromatic heterocycles. The van der Waals surface area contributed by atoms with E-state index in [0.29, 0.717) is 32.3 Å². The second-order valence-corrected chi connectivity index (χ2v) is 7.25. The maximum atomic E-state index is 12.4. The molecule has 2 rings (SSSR count). The van der Waals surface area contributed by atoms with Crippen molar-refractivity contribution in [2.75, 3.05) is 32.8 Å². The largest absolute Gasteiger partial charge is 0.380 e. The molecule has 1 saturated carbocycles. The molecule has 2 fully saturated rings. The van der Waals surface area contributed by atoms with Crippen LogP contribution in [0.25, 0.3) is 0 Å². The van der Waals surface area contributed by atoms with E-state index in [9.17, 15) is 8.42 Å². The van der Waals surface area contributed by atoms with E-state index in [1.807, 2.05) is 6.92 Å². The summed E-state index contributed by atoms with van der Waals surface area (Å²) < 4.78 is 34.2. The Kier molecular flexibility index (Phi) is 6.22. The van der Waals surface area contributed by atoms with E-state index in [1.165, 1.54) is 12.8 Å². The van der Waals surface area contributed by atoms with Gasteiger partial charge >= 0.3 is 0 Å². The Balaban J connectivity index is 1.84. The highest BCUT2D eigenvalue weighted by Gasteiger charge is 2.33. The average Bonchev–Trinajstić information content (AvgIpc) is 3.26. The summed E-state index contributed by atoms with van der Waals surface area (Å²) in [5.74, 6) is 0. The first-order chi connectivity index (χ1) is 9.63. The minimum atomic E-state index is -3.38. The Bertz CT molecular complexity index is 384. The zero-order valence-corrected chi connectivity index (χ0v) is 13.1. The Morgan fingerprint density at radius 3 is 2.75 bits per heavy atom. The van der Waals surface area contributed by atoms with Gasteiger partial charge in [-0.05, 0) is 32.6 Å². The van der Waals surface area contributed by atoms with E-state index < -0.39 is 10.2 Å². The number of piperidine rings is 1. The first kappa shape index (κ1) is 16.2. The van der Waals surface area contributed by atoms with Crippen LogP contribution >= 0.6 is 0 Å². The molecule has 0 aromatic rings. The van der Waals surface area contributed by atoms with Crippen LogP contribution in [0.1, 0.15) is 39.0 Å². The van der Waals surface area contributed by atoms with Gasteiger partial charge in [0.15, 0.2) is 0 Å². The first-order valence-corrected chi connectivity index (χ1v) is 9.15. The predicted octanol–water partition coefficient (Wildman–Crippen LogP) is 0.464. The molecular formula is C13H27N3O3S. The fraction of sp³-hybridized carbons (Fsp3) is 1.00. The molecule has 0 radical (unpaired) electrons. The molecule has 2 N–H and O–H groups in total. The van der Waals surface area contributed by atoms with Gasteiger partial charge in [-0.3, -0.25) is 0 Å². The van der Waals surface area contributed by atoms with Crippen LogP contribution < -0.4 is 10.0 Å². The lowest BCUT2D eigenvalue weighted by Crippen LogP contribution is -2.53. The SMILES string of the molecule is CCOCCNS(=O)(=O)N1CCCCC1CNC1CC1. The van der Waals surface area contributed by atoms with Gasteiger partial charge < -0.3 is 10.1 Å². The van der Waals surface area contributed by atoms with E-state index in [4.69, 9.17) is 4.74 Å². The van der Waals surface area contributed by atoms with Gasteiger partial charge in [-0.15, -0.1) is 0 Å². The van der Waals surface area contributed by atoms with Crippen molar-refractivity contribution in [3.8, 4) is 0 Å². The predicted molar refractivity (Wildman–Crippen MR) is 78.8 cm³/mol. The van der Waals surface area contributed by atoms with Crippen LogP contribution in [-0.4, -0.2) is 57.7 Å². The van der Waals surface area contributed by atoms with Gasteiger partial charge in [0.25, 0.3) is 10.2 Å². The third-order valence-corrected chi connectivity index (χ3v) is 5.50. The molecule has 2 aliphatic rings. The van der Waals surface area contributed by atoms with Crippen molar-refractivity contribution in [3.05, 3.63) is 0 Å². The number of rotatable bonds is 9. The van der Waals surface area contributed by atoms with Crippen LogP contribution in [0.3, 0.4) is 0 Å². The van der Waals surface area contributed by atoms with Gasteiger partial charge in [0.05, 0.1) is 6.61 Å². The lowest BCUT2D eigenvalue weighted by Gasteiger charge is -2.34. The highest BCUT2D eigenvalue weighted by Crippen LogP contribution is 2.22. The molecule has 7 heteroatoms. The minimum absolute atomic E-state index is 0.0916. The molecule has 118 valence electrons. The van der Waals surface area contributed by atoms with Crippen LogP contribution in [0.2, 0.25) is 0 Å². The molecule has 6 nitrogen and oxygen atoms in total. The van der Waals surface area contributed by atoms with Gasteiger partial charge in [0.2, 0.25) is 0 Å². The second kappa shape index (κ2) is 7.70. The third kappa shape index (κ3) is 4.96. The monoisotopic (exact) mass is 305 g/mol. The van der Waals surface area contributed by atoms with Gasteiger partial charge in [-0.25, -0.2) is 0 Å². The maximum absolute atomic E-state index is 12.4. The number of hydrogen-bond acceptors (Lipinski definition) is 4. The quantitative estimate of drug-likeness (QED) is 0.607. The summed E-state index contributed by atoms with van der Waals surface area (Å²) in [7, 11) is -3.38. The highest BCUT2D eigenvalue weighted by atomic mass is 32.2. The number of ether oxygens (including phenoxy) is 1. The molecule has 20 heavy (non-hydrogen) atoms. The zero-order valence-electron chi connectivity index (χ0n) is 12.3. The summed E-state index contributed by atoms with van der Waals surface area (Å²) in [6, 6.07) is 0.710. The zero-order chi connectivity index (χ0) is 14.4. The van der Waals surface area contributed by atoms with Crippen LogP contribution in [0.15, 0.2) is 0 Å². The fourth-order valence-electron chi connectivity index (χ4n) is 2.55. The van der Waals surface area contributed by atoms with Crippen LogP contribution in [0.5, 0.6) is 0 Å². The minimum Gasteiger partial charge on any atom is -0.380 e. The summed E-state index contributed by atoms with van der Waals surface area (Å²) in [5, 5.41) is 3.45. The Morgan fingerprint density at radius 2 is 2.05 bits per heavy atom. The normalized spacial score (nSPS) is 24.9. The summed E-state index contributed by atoms with van der Waals surface area (Å²) in [4.78, 5) is 0. The maximum Gasteiger partial charge on any atom is 0.279 e. The second-order valence-electron chi connectivity index (χ2n) is 5.54. The van der Waals surface area contributed by atoms with E-state index in [1.54, 1.807) is 4.31 Å². The van der Waals surface area contributed by atoms with E-state index >= 15 is 0 Å². The number of nitrogens with one attached hydrogen (secondary N) is 2. The molecule has 0 amide bonds. The smallest absolute Gasteiger partial charge is 0.279 e. The Labute approximate surface area is 122 Å². The van der Waals surface area contributed by atoms with E-state index in [0.717, 1.165) is 25.8 Å². The lowest BCUT2D eigenvalue weighted by molar-refractivity contribution is 0.152. The molecule has 1 unspecified atom stereocenters. The highest BCUT2D eigenvalue weighted by molar-refractivity contribution is 7.87. The molecule has 1 heterocycles. The molecule has 1 aliphatic heterocycles. The topological polar surface area (TPSA) is 70.7 Å². The molecule has 0 spiro atoms. The standard InChI is InChI=1S/C13H27N3O3S/c1-2-19-10-8-15-20(17,18)16-9-4-3-5-13(16)11-14-12-6-7-12/h12-15H,2-11H2,1H3. The summed E-state index contributed by atoms with van der Waals surface area (Å²) in [6.07, 6.45) is 5.47. The van der Waals surface area contributed by atoms with Crippen molar-refractivity contribution in [1.82, 2.24) is 14.3 Å². The first-order valence-electron chi connectivity index (χ1n) is 7.71. The number of nitrogens with zero attached hydrogens (tertiary/aromatic N) is 1. The molecule has 1 atom stereocenters. The van der Waals surface area contributed by atoms with E-state index in [2.05, 4.69) is 10.0 Å². The third-order valence-electron chi connectivity index (χ3n) is 3.84. The molecule has 0 bridgehead atoms. The summed E-state index contributed by atoms with van der Waals surface area (Å²) in [5.41, 5.74) is 0. The summed E-state index contributed by atoms with van der Waals surface area (Å²) >= 11 is 0. The average molecular weight is 305 g/mol. The van der Waals surface area contributed by atoms with Gasteiger partial charge in [-0.2, -0.15) is 17.4 Å². The van der Waals surface area contributed by atoms with Gasteiger partial charge in [-0.1, -0.05) is 6.42 Å². The van der Waals surface area contributed by atoms with Crippen molar-refractivity contribution in [3.63, 3.8) is 0 Å². The molecule has 1 aliphatic carbocycles. The van der Waals surface area contributed by atoms with Crippen molar-refractivity contribution >= 4 is 10.2 Å². The van der Waals surface area contributed by atoms with Crippen LogP contribution in [-0.2, 0) is 14.9 Å². The van der Waals surface area contributed by atoms with Crippen molar-refractivity contribution < 1.29 is 13.2 Å². The van der Waals surface area contributed by atoms with Crippen molar-refractivity contribution in [2.24, 2.45) is 0 Å². The molecule has 1 saturated heterocycles. The lowest BCUT2D eigenvalue weighted by atomic mass is 10.1. The molecule has 0 aromatic carbocycles. The fourth-order valence-corrected chi connectivity index (χ4v) is 4.00. The van der Waals surface area contributed by atoms with Crippen molar-refractivity contribution in [1.29, 1.82) is 0 Å². The van der Waals surface area contributed by atoms with E-state index in [-0.39, 0.29) is 6.04 Å². The molecular weight excluding hydrogens is 278 g/mol. The Morgan fingerprint density at radius 1 is 1.25 bits per heavy atom.